The van der Waals surface area contributed by atoms with E-state index < -0.39 is 15.8 Å². The summed E-state index contributed by atoms with van der Waals surface area (Å²) >= 11 is 0. The molecular formula is C13H17NO4S. The van der Waals surface area contributed by atoms with Crippen molar-refractivity contribution in [2.24, 2.45) is 0 Å². The standard InChI is InChI=1S/C13H17NO4S/c1-9-11(13(15)16)3-2-4-12(9)14-10-5-7-19(17,18)8-6-10/h2-4,10,14H,5-8H2,1H3,(H,15,16). The summed E-state index contributed by atoms with van der Waals surface area (Å²) in [5, 5.41) is 12.3. The average molecular weight is 283 g/mol. The van der Waals surface area contributed by atoms with Crippen molar-refractivity contribution >= 4 is 21.5 Å². The molecule has 0 saturated carbocycles. The molecule has 104 valence electrons. The second-order valence-electron chi connectivity index (χ2n) is 4.85. The Balaban J connectivity index is 2.12. The number of nitrogens with one attached hydrogen (secondary N) is 1. The van der Waals surface area contributed by atoms with Crippen molar-refractivity contribution in [1.82, 2.24) is 0 Å². The SMILES string of the molecule is Cc1c(NC2CCS(=O)(=O)CC2)cccc1C(=O)O. The van der Waals surface area contributed by atoms with Gasteiger partial charge in [0.25, 0.3) is 0 Å². The van der Waals surface area contributed by atoms with Gasteiger partial charge >= 0.3 is 5.97 Å². The lowest BCUT2D eigenvalue weighted by Crippen LogP contribution is -2.32. The minimum Gasteiger partial charge on any atom is -0.478 e. The topological polar surface area (TPSA) is 83.5 Å². The van der Waals surface area contributed by atoms with Crippen LogP contribution < -0.4 is 5.32 Å². The lowest BCUT2D eigenvalue weighted by molar-refractivity contribution is 0.0696. The van der Waals surface area contributed by atoms with Crippen molar-refractivity contribution in [1.29, 1.82) is 0 Å². The predicted octanol–water partition coefficient (Wildman–Crippen LogP) is 1.68. The normalized spacial score (nSPS) is 19.0. The van der Waals surface area contributed by atoms with Gasteiger partial charge in [-0.2, -0.15) is 0 Å². The molecule has 0 atom stereocenters. The first-order valence-electron chi connectivity index (χ1n) is 6.19. The Kier molecular flexibility index (Phi) is 3.80. The van der Waals surface area contributed by atoms with E-state index in [1.54, 1.807) is 19.1 Å². The quantitative estimate of drug-likeness (QED) is 0.882. The number of benzene rings is 1. The molecule has 0 aromatic heterocycles. The van der Waals surface area contributed by atoms with E-state index in [0.29, 0.717) is 18.4 Å². The van der Waals surface area contributed by atoms with Crippen molar-refractivity contribution < 1.29 is 18.3 Å². The summed E-state index contributed by atoms with van der Waals surface area (Å²) in [5.74, 6) is -0.558. The lowest BCUT2D eigenvalue weighted by atomic mass is 10.0. The van der Waals surface area contributed by atoms with Gasteiger partial charge in [0.05, 0.1) is 17.1 Å². The molecule has 0 spiro atoms. The summed E-state index contributed by atoms with van der Waals surface area (Å²) in [5.41, 5.74) is 1.72. The Morgan fingerprint density at radius 2 is 1.95 bits per heavy atom. The van der Waals surface area contributed by atoms with Gasteiger partial charge in [-0.05, 0) is 37.5 Å². The fourth-order valence-corrected chi connectivity index (χ4v) is 3.77. The molecule has 5 nitrogen and oxygen atoms in total. The van der Waals surface area contributed by atoms with Crippen molar-refractivity contribution in [3.05, 3.63) is 29.3 Å². The first-order valence-corrected chi connectivity index (χ1v) is 8.01. The number of rotatable bonds is 3. The summed E-state index contributed by atoms with van der Waals surface area (Å²) in [6.45, 7) is 1.76. The maximum atomic E-state index is 11.4. The molecule has 1 fully saturated rings. The Hall–Kier alpha value is -1.56. The maximum absolute atomic E-state index is 11.4. The molecule has 1 aliphatic rings. The second kappa shape index (κ2) is 5.21. The maximum Gasteiger partial charge on any atom is 0.336 e. The van der Waals surface area contributed by atoms with Gasteiger partial charge in [-0.25, -0.2) is 13.2 Å². The summed E-state index contributed by atoms with van der Waals surface area (Å²) in [6, 6.07) is 5.17. The van der Waals surface area contributed by atoms with E-state index in [1.807, 2.05) is 6.07 Å². The number of carbonyl (C=O) groups is 1. The molecule has 2 rings (SSSR count). The first kappa shape index (κ1) is 13.9. The monoisotopic (exact) mass is 283 g/mol. The van der Waals surface area contributed by atoms with Crippen LogP contribution >= 0.6 is 0 Å². The third-order valence-electron chi connectivity index (χ3n) is 3.48. The van der Waals surface area contributed by atoms with E-state index in [1.165, 1.54) is 0 Å². The molecule has 0 radical (unpaired) electrons. The minimum atomic E-state index is -2.87. The molecule has 19 heavy (non-hydrogen) atoms. The minimum absolute atomic E-state index is 0.0891. The van der Waals surface area contributed by atoms with Gasteiger partial charge in [0.1, 0.15) is 9.84 Å². The first-order chi connectivity index (χ1) is 8.89. The molecule has 2 N–H and O–H groups in total. The number of anilines is 1. The lowest BCUT2D eigenvalue weighted by Gasteiger charge is -2.25. The Morgan fingerprint density at radius 3 is 2.53 bits per heavy atom. The third kappa shape index (κ3) is 3.26. The van der Waals surface area contributed by atoms with Crippen molar-refractivity contribution in [3.63, 3.8) is 0 Å². The molecular weight excluding hydrogens is 266 g/mol. The number of hydrogen-bond acceptors (Lipinski definition) is 4. The van der Waals surface area contributed by atoms with Gasteiger partial charge in [0, 0.05) is 11.7 Å². The van der Waals surface area contributed by atoms with Crippen LogP contribution in [-0.4, -0.2) is 37.0 Å². The van der Waals surface area contributed by atoms with E-state index in [2.05, 4.69) is 5.32 Å². The summed E-state index contributed by atoms with van der Waals surface area (Å²) < 4.78 is 22.7. The molecule has 1 aromatic carbocycles. The molecule has 0 bridgehead atoms. The molecule has 1 heterocycles. The molecule has 0 unspecified atom stereocenters. The van der Waals surface area contributed by atoms with E-state index in [-0.39, 0.29) is 23.1 Å². The summed E-state index contributed by atoms with van der Waals surface area (Å²) in [7, 11) is -2.87. The smallest absolute Gasteiger partial charge is 0.336 e. The molecule has 1 saturated heterocycles. The zero-order valence-electron chi connectivity index (χ0n) is 10.7. The van der Waals surface area contributed by atoms with Crippen LogP contribution in [0.25, 0.3) is 0 Å². The zero-order valence-corrected chi connectivity index (χ0v) is 11.5. The van der Waals surface area contributed by atoms with Crippen LogP contribution in [0.1, 0.15) is 28.8 Å². The van der Waals surface area contributed by atoms with Gasteiger partial charge in [-0.1, -0.05) is 6.07 Å². The third-order valence-corrected chi connectivity index (χ3v) is 5.19. The Labute approximate surface area is 112 Å². The van der Waals surface area contributed by atoms with E-state index >= 15 is 0 Å². The number of carboxylic acids is 1. The van der Waals surface area contributed by atoms with Crippen molar-refractivity contribution in [2.75, 3.05) is 16.8 Å². The molecule has 1 aliphatic heterocycles. The average Bonchev–Trinajstić information content (AvgIpc) is 2.34. The van der Waals surface area contributed by atoms with Crippen molar-refractivity contribution in [2.45, 2.75) is 25.8 Å². The number of carboxylic acid groups (broad SMARTS) is 1. The van der Waals surface area contributed by atoms with Crippen LogP contribution in [0.3, 0.4) is 0 Å². The van der Waals surface area contributed by atoms with Crippen molar-refractivity contribution in [3.8, 4) is 0 Å². The number of aromatic carboxylic acids is 1. The van der Waals surface area contributed by atoms with Gasteiger partial charge in [0.15, 0.2) is 0 Å². The highest BCUT2D eigenvalue weighted by atomic mass is 32.2. The van der Waals surface area contributed by atoms with Gasteiger partial charge in [-0.3, -0.25) is 0 Å². The van der Waals surface area contributed by atoms with Gasteiger partial charge in [-0.15, -0.1) is 0 Å². The Bertz CT molecular complexity index is 581. The zero-order chi connectivity index (χ0) is 14.0. The fraction of sp³-hybridized carbons (Fsp3) is 0.462. The van der Waals surface area contributed by atoms with E-state index in [0.717, 1.165) is 5.69 Å². The predicted molar refractivity (Wildman–Crippen MR) is 73.4 cm³/mol. The molecule has 1 aromatic rings. The van der Waals surface area contributed by atoms with Crippen LogP contribution in [-0.2, 0) is 9.84 Å². The van der Waals surface area contributed by atoms with Crippen LogP contribution in [0.4, 0.5) is 5.69 Å². The molecule has 0 amide bonds. The largest absolute Gasteiger partial charge is 0.478 e. The Morgan fingerprint density at radius 1 is 1.32 bits per heavy atom. The molecule has 0 aliphatic carbocycles. The van der Waals surface area contributed by atoms with Gasteiger partial charge in [0.2, 0.25) is 0 Å². The molecule has 6 heteroatoms. The summed E-state index contributed by atoms with van der Waals surface area (Å²) in [6.07, 6.45) is 1.14. The highest BCUT2D eigenvalue weighted by Crippen LogP contribution is 2.23. The highest BCUT2D eigenvalue weighted by molar-refractivity contribution is 7.91. The fourth-order valence-electron chi connectivity index (χ4n) is 2.28. The van der Waals surface area contributed by atoms with E-state index in [4.69, 9.17) is 5.11 Å². The van der Waals surface area contributed by atoms with Crippen LogP contribution in [0.5, 0.6) is 0 Å². The summed E-state index contributed by atoms with van der Waals surface area (Å²) in [4.78, 5) is 11.0. The highest BCUT2D eigenvalue weighted by Gasteiger charge is 2.24. The number of sulfone groups is 1. The number of hydrogen-bond donors (Lipinski definition) is 2. The second-order valence-corrected chi connectivity index (χ2v) is 7.16. The van der Waals surface area contributed by atoms with Gasteiger partial charge < -0.3 is 10.4 Å². The van der Waals surface area contributed by atoms with Crippen LogP contribution in [0.2, 0.25) is 0 Å². The van der Waals surface area contributed by atoms with Crippen LogP contribution in [0, 0.1) is 6.92 Å². The van der Waals surface area contributed by atoms with E-state index in [9.17, 15) is 13.2 Å². The van der Waals surface area contributed by atoms with Crippen LogP contribution in [0.15, 0.2) is 18.2 Å².